The summed E-state index contributed by atoms with van der Waals surface area (Å²) in [4.78, 5) is 40.7. The zero-order valence-electron chi connectivity index (χ0n) is 21.1. The molecule has 8 nitrogen and oxygen atoms in total. The van der Waals surface area contributed by atoms with Crippen LogP contribution in [-0.4, -0.2) is 58.8 Å². The summed E-state index contributed by atoms with van der Waals surface area (Å²) in [7, 11) is 0. The van der Waals surface area contributed by atoms with Crippen LogP contribution in [0, 0.1) is 6.92 Å². The molecule has 0 heterocycles. The lowest BCUT2D eigenvalue weighted by Gasteiger charge is -2.35. The van der Waals surface area contributed by atoms with Crippen molar-refractivity contribution in [1.29, 1.82) is 0 Å². The number of carbonyl (C=O) groups is 3. The lowest BCUT2D eigenvalue weighted by atomic mass is 9.97. The Balaban J connectivity index is 3.33. The smallest absolute Gasteiger partial charge is 0.408 e. The number of carbonyl (C=O) groups excluding carboxylic acids is 3. The van der Waals surface area contributed by atoms with Crippen molar-refractivity contribution in [2.24, 2.45) is 0 Å². The van der Waals surface area contributed by atoms with E-state index >= 15 is 0 Å². The highest BCUT2D eigenvalue weighted by Gasteiger charge is 2.36. The van der Waals surface area contributed by atoms with Gasteiger partial charge < -0.3 is 25.4 Å². The molecule has 0 aromatic heterocycles. The van der Waals surface area contributed by atoms with Gasteiger partial charge in [0.15, 0.2) is 0 Å². The second-order valence-corrected chi connectivity index (χ2v) is 9.37. The summed E-state index contributed by atoms with van der Waals surface area (Å²) in [5.41, 5.74) is 0.819. The lowest BCUT2D eigenvalue weighted by molar-refractivity contribution is -0.143. The summed E-state index contributed by atoms with van der Waals surface area (Å²) in [6.45, 7) is 12.6. The molecule has 1 rings (SSSR count). The maximum absolute atomic E-state index is 13.5. The standard InChI is InChI=1S/C25H41N3O5/c1-8-12-18(4)26-22(30)21(19-14-11-10-13-17(19)3)28(15-9-2)23(31)20(16-29)27-24(32)33-25(5,6)7/h10-11,13-14,18,20-21,29H,8-9,12,15-16H2,1-7H3,(H,26,30)(H,27,32). The Hall–Kier alpha value is -2.61. The summed E-state index contributed by atoms with van der Waals surface area (Å²) < 4.78 is 5.24. The molecule has 0 aliphatic rings. The number of nitrogens with one attached hydrogen (secondary N) is 2. The molecule has 8 heteroatoms. The third-order valence-corrected chi connectivity index (χ3v) is 5.07. The largest absolute Gasteiger partial charge is 0.444 e. The van der Waals surface area contributed by atoms with Gasteiger partial charge in [-0.05, 0) is 58.6 Å². The second-order valence-electron chi connectivity index (χ2n) is 9.37. The van der Waals surface area contributed by atoms with Crippen molar-refractivity contribution in [1.82, 2.24) is 15.5 Å². The van der Waals surface area contributed by atoms with Crippen LogP contribution in [0.1, 0.15) is 78.0 Å². The number of amides is 3. The highest BCUT2D eigenvalue weighted by molar-refractivity contribution is 5.92. The van der Waals surface area contributed by atoms with Crippen molar-refractivity contribution in [3.05, 3.63) is 35.4 Å². The van der Waals surface area contributed by atoms with Gasteiger partial charge in [0, 0.05) is 12.6 Å². The summed E-state index contributed by atoms with van der Waals surface area (Å²) in [6.07, 6.45) is 1.52. The van der Waals surface area contributed by atoms with Crippen molar-refractivity contribution >= 4 is 17.9 Å². The van der Waals surface area contributed by atoms with E-state index in [-0.39, 0.29) is 18.5 Å². The molecule has 0 aliphatic heterocycles. The number of nitrogens with zero attached hydrogens (tertiary/aromatic N) is 1. The van der Waals surface area contributed by atoms with Crippen LogP contribution >= 0.6 is 0 Å². The molecule has 1 aromatic carbocycles. The first-order chi connectivity index (χ1) is 15.4. The van der Waals surface area contributed by atoms with Gasteiger partial charge in [0.05, 0.1) is 6.61 Å². The van der Waals surface area contributed by atoms with Gasteiger partial charge in [-0.25, -0.2) is 4.79 Å². The van der Waals surface area contributed by atoms with E-state index in [1.165, 1.54) is 4.90 Å². The molecule has 0 bridgehead atoms. The molecular weight excluding hydrogens is 422 g/mol. The fourth-order valence-corrected chi connectivity index (χ4v) is 3.61. The van der Waals surface area contributed by atoms with Crippen LogP contribution in [0.3, 0.4) is 0 Å². The minimum atomic E-state index is -1.24. The Morgan fingerprint density at radius 1 is 1.09 bits per heavy atom. The molecule has 0 saturated carbocycles. The number of hydrogen-bond acceptors (Lipinski definition) is 5. The molecule has 0 spiro atoms. The van der Waals surface area contributed by atoms with E-state index in [1.54, 1.807) is 20.8 Å². The molecule has 3 N–H and O–H groups in total. The first-order valence-electron chi connectivity index (χ1n) is 11.7. The van der Waals surface area contributed by atoms with Crippen molar-refractivity contribution in [3.63, 3.8) is 0 Å². The molecule has 3 unspecified atom stereocenters. The minimum Gasteiger partial charge on any atom is -0.444 e. The number of aliphatic hydroxyl groups excluding tert-OH is 1. The quantitative estimate of drug-likeness (QED) is 0.466. The van der Waals surface area contributed by atoms with Gasteiger partial charge in [-0.1, -0.05) is 44.5 Å². The molecule has 33 heavy (non-hydrogen) atoms. The summed E-state index contributed by atoms with van der Waals surface area (Å²) >= 11 is 0. The monoisotopic (exact) mass is 463 g/mol. The number of aliphatic hydroxyl groups is 1. The van der Waals surface area contributed by atoms with Gasteiger partial charge >= 0.3 is 6.09 Å². The van der Waals surface area contributed by atoms with Crippen molar-refractivity contribution in [2.75, 3.05) is 13.2 Å². The molecule has 3 amide bonds. The van der Waals surface area contributed by atoms with Gasteiger partial charge in [0.1, 0.15) is 17.7 Å². The molecule has 0 fully saturated rings. The number of hydrogen-bond donors (Lipinski definition) is 3. The number of ether oxygens (including phenoxy) is 1. The molecule has 0 radical (unpaired) electrons. The predicted octanol–water partition coefficient (Wildman–Crippen LogP) is 3.47. The van der Waals surface area contributed by atoms with Crippen LogP contribution in [0.4, 0.5) is 4.79 Å². The summed E-state index contributed by atoms with van der Waals surface area (Å²) in [6, 6.07) is 5.24. The SMILES string of the molecule is CCCC(C)NC(=O)C(c1ccccc1C)N(CCC)C(=O)C(CO)NC(=O)OC(C)(C)C. The van der Waals surface area contributed by atoms with Crippen molar-refractivity contribution in [2.45, 2.75) is 91.5 Å². The third-order valence-electron chi connectivity index (χ3n) is 5.07. The van der Waals surface area contributed by atoms with Crippen LogP contribution in [0.2, 0.25) is 0 Å². The fourth-order valence-electron chi connectivity index (χ4n) is 3.61. The van der Waals surface area contributed by atoms with Crippen LogP contribution in [-0.2, 0) is 14.3 Å². The Morgan fingerprint density at radius 3 is 2.24 bits per heavy atom. The fraction of sp³-hybridized carbons (Fsp3) is 0.640. The minimum absolute atomic E-state index is 0.0545. The molecule has 0 aliphatic carbocycles. The van der Waals surface area contributed by atoms with E-state index in [4.69, 9.17) is 4.74 Å². The van der Waals surface area contributed by atoms with Crippen molar-refractivity contribution in [3.8, 4) is 0 Å². The Morgan fingerprint density at radius 2 is 1.73 bits per heavy atom. The average molecular weight is 464 g/mol. The topological polar surface area (TPSA) is 108 Å². The van der Waals surface area contributed by atoms with Gasteiger partial charge in [0.2, 0.25) is 11.8 Å². The zero-order chi connectivity index (χ0) is 25.2. The molecule has 0 saturated heterocycles. The van der Waals surface area contributed by atoms with Gasteiger partial charge in [-0.3, -0.25) is 9.59 Å². The number of alkyl carbamates (subject to hydrolysis) is 1. The van der Waals surface area contributed by atoms with E-state index in [9.17, 15) is 19.5 Å². The zero-order valence-corrected chi connectivity index (χ0v) is 21.1. The second kappa shape index (κ2) is 13.2. The maximum atomic E-state index is 13.5. The van der Waals surface area contributed by atoms with Gasteiger partial charge in [-0.2, -0.15) is 0 Å². The van der Waals surface area contributed by atoms with Crippen LogP contribution < -0.4 is 10.6 Å². The molecule has 3 atom stereocenters. The number of aryl methyl sites for hydroxylation is 1. The van der Waals surface area contributed by atoms with Crippen LogP contribution in [0.5, 0.6) is 0 Å². The van der Waals surface area contributed by atoms with E-state index in [0.29, 0.717) is 12.0 Å². The maximum Gasteiger partial charge on any atom is 0.408 e. The molecular formula is C25H41N3O5. The normalized spacial score (nSPS) is 14.1. The Labute approximate surface area is 198 Å². The highest BCUT2D eigenvalue weighted by Crippen LogP contribution is 2.26. The predicted molar refractivity (Wildman–Crippen MR) is 129 cm³/mol. The number of rotatable bonds is 11. The van der Waals surface area contributed by atoms with E-state index in [1.807, 2.05) is 52.0 Å². The number of benzene rings is 1. The average Bonchev–Trinajstić information content (AvgIpc) is 2.71. The van der Waals surface area contributed by atoms with E-state index in [2.05, 4.69) is 10.6 Å². The Kier molecular flexibility index (Phi) is 11.4. The first kappa shape index (κ1) is 28.4. The van der Waals surface area contributed by atoms with Crippen LogP contribution in [0.25, 0.3) is 0 Å². The lowest BCUT2D eigenvalue weighted by Crippen LogP contribution is -2.55. The summed E-state index contributed by atoms with van der Waals surface area (Å²) in [5, 5.41) is 15.4. The van der Waals surface area contributed by atoms with E-state index in [0.717, 1.165) is 18.4 Å². The first-order valence-corrected chi connectivity index (χ1v) is 11.7. The van der Waals surface area contributed by atoms with Crippen molar-refractivity contribution < 1.29 is 24.2 Å². The van der Waals surface area contributed by atoms with Crippen LogP contribution in [0.15, 0.2) is 24.3 Å². The Bertz CT molecular complexity index is 790. The molecule has 1 aromatic rings. The molecule has 186 valence electrons. The van der Waals surface area contributed by atoms with E-state index < -0.39 is 36.3 Å². The third kappa shape index (κ3) is 9.04. The van der Waals surface area contributed by atoms with Gasteiger partial charge in [-0.15, -0.1) is 0 Å². The highest BCUT2D eigenvalue weighted by atomic mass is 16.6. The van der Waals surface area contributed by atoms with Gasteiger partial charge in [0.25, 0.3) is 0 Å². The summed E-state index contributed by atoms with van der Waals surface area (Å²) in [5.74, 6) is -0.835.